The van der Waals surface area contributed by atoms with Gasteiger partial charge in [-0.25, -0.2) is 0 Å². The number of aromatic amines is 1. The first-order chi connectivity index (χ1) is 8.92. The summed E-state index contributed by atoms with van der Waals surface area (Å²) in [5.41, 5.74) is 1.70. The zero-order valence-electron chi connectivity index (χ0n) is 10.1. The quantitative estimate of drug-likeness (QED) is 0.751. The maximum absolute atomic E-state index is 4.26. The lowest BCUT2D eigenvalue weighted by Crippen LogP contribution is -2.35. The van der Waals surface area contributed by atoms with Crippen LogP contribution in [0.5, 0.6) is 0 Å². The second kappa shape index (κ2) is 5.14. The highest BCUT2D eigenvalue weighted by atomic mass is 15.2. The number of rotatable bonds is 3. The smallest absolute Gasteiger partial charge is 0.148 e. The van der Waals surface area contributed by atoms with E-state index in [1.807, 2.05) is 6.07 Å². The van der Waals surface area contributed by atoms with Crippen molar-refractivity contribution >= 4 is 5.82 Å². The van der Waals surface area contributed by atoms with Crippen LogP contribution in [0.3, 0.4) is 0 Å². The number of aromatic nitrogens is 4. The van der Waals surface area contributed by atoms with E-state index in [0.29, 0.717) is 6.04 Å². The fourth-order valence-corrected chi connectivity index (χ4v) is 2.14. The van der Waals surface area contributed by atoms with E-state index in [1.165, 1.54) is 0 Å². The summed E-state index contributed by atoms with van der Waals surface area (Å²) < 4.78 is 0. The van der Waals surface area contributed by atoms with Gasteiger partial charge in [-0.1, -0.05) is 0 Å². The van der Waals surface area contributed by atoms with Gasteiger partial charge in [0, 0.05) is 24.5 Å². The van der Waals surface area contributed by atoms with Crippen LogP contribution in [0.2, 0.25) is 0 Å². The zero-order valence-corrected chi connectivity index (χ0v) is 10.1. The van der Waals surface area contributed by atoms with Crippen LogP contribution in [0.15, 0.2) is 24.7 Å². The molecule has 6 heteroatoms. The Morgan fingerprint density at radius 2 is 2.11 bits per heavy atom. The highest BCUT2D eigenvalue weighted by Crippen LogP contribution is 2.18. The first kappa shape index (κ1) is 11.2. The van der Waals surface area contributed by atoms with Crippen molar-refractivity contribution in [3.63, 3.8) is 0 Å². The monoisotopic (exact) mass is 244 g/mol. The number of piperidine rings is 1. The molecule has 6 nitrogen and oxygen atoms in total. The normalized spacial score (nSPS) is 16.7. The van der Waals surface area contributed by atoms with Gasteiger partial charge in [-0.15, -0.1) is 0 Å². The first-order valence-corrected chi connectivity index (χ1v) is 6.21. The molecule has 2 aromatic heterocycles. The van der Waals surface area contributed by atoms with Gasteiger partial charge in [-0.2, -0.15) is 5.10 Å². The SMILES string of the molecule is c1cnc(-c2cc(NC3CCNCC3)n[nH]2)cn1. The third-order valence-electron chi connectivity index (χ3n) is 3.11. The van der Waals surface area contributed by atoms with E-state index in [1.54, 1.807) is 18.6 Å². The van der Waals surface area contributed by atoms with Gasteiger partial charge in [0.25, 0.3) is 0 Å². The van der Waals surface area contributed by atoms with E-state index in [4.69, 9.17) is 0 Å². The second-order valence-corrected chi connectivity index (χ2v) is 4.43. The average molecular weight is 244 g/mol. The van der Waals surface area contributed by atoms with Crippen molar-refractivity contribution in [2.45, 2.75) is 18.9 Å². The van der Waals surface area contributed by atoms with E-state index in [-0.39, 0.29) is 0 Å². The van der Waals surface area contributed by atoms with Crippen LogP contribution in [-0.2, 0) is 0 Å². The molecular formula is C12H16N6. The fraction of sp³-hybridized carbons (Fsp3) is 0.417. The Morgan fingerprint density at radius 1 is 1.22 bits per heavy atom. The van der Waals surface area contributed by atoms with E-state index >= 15 is 0 Å². The number of hydrogen-bond donors (Lipinski definition) is 3. The van der Waals surface area contributed by atoms with Gasteiger partial charge in [-0.3, -0.25) is 15.1 Å². The number of nitrogens with one attached hydrogen (secondary N) is 3. The lowest BCUT2D eigenvalue weighted by Gasteiger charge is -2.23. The van der Waals surface area contributed by atoms with Gasteiger partial charge >= 0.3 is 0 Å². The predicted octanol–water partition coefficient (Wildman–Crippen LogP) is 1.03. The van der Waals surface area contributed by atoms with Crippen molar-refractivity contribution in [1.29, 1.82) is 0 Å². The Kier molecular flexibility index (Phi) is 3.18. The third kappa shape index (κ3) is 2.48. The van der Waals surface area contributed by atoms with Crippen molar-refractivity contribution in [2.24, 2.45) is 0 Å². The van der Waals surface area contributed by atoms with Gasteiger partial charge in [0.05, 0.1) is 11.9 Å². The Balaban J connectivity index is 1.69. The molecule has 3 heterocycles. The van der Waals surface area contributed by atoms with E-state index in [9.17, 15) is 0 Å². The largest absolute Gasteiger partial charge is 0.366 e. The molecule has 0 amide bonds. The summed E-state index contributed by atoms with van der Waals surface area (Å²) in [5, 5.41) is 14.0. The average Bonchev–Trinajstić information content (AvgIpc) is 2.89. The molecule has 0 bridgehead atoms. The van der Waals surface area contributed by atoms with Crippen LogP contribution < -0.4 is 10.6 Å². The number of hydrogen-bond acceptors (Lipinski definition) is 5. The van der Waals surface area contributed by atoms with Crippen molar-refractivity contribution in [2.75, 3.05) is 18.4 Å². The first-order valence-electron chi connectivity index (χ1n) is 6.21. The molecule has 1 fully saturated rings. The molecule has 0 aromatic carbocycles. The summed E-state index contributed by atoms with van der Waals surface area (Å²) in [5.74, 6) is 0.877. The third-order valence-corrected chi connectivity index (χ3v) is 3.11. The summed E-state index contributed by atoms with van der Waals surface area (Å²) in [6, 6.07) is 2.48. The molecule has 2 aromatic rings. The van der Waals surface area contributed by atoms with Crippen LogP contribution in [0.4, 0.5) is 5.82 Å². The molecular weight excluding hydrogens is 228 g/mol. The fourth-order valence-electron chi connectivity index (χ4n) is 2.14. The second-order valence-electron chi connectivity index (χ2n) is 4.43. The Hall–Kier alpha value is -1.95. The molecule has 1 saturated heterocycles. The van der Waals surface area contributed by atoms with Gasteiger partial charge in [-0.05, 0) is 25.9 Å². The summed E-state index contributed by atoms with van der Waals surface area (Å²) >= 11 is 0. The van der Waals surface area contributed by atoms with Crippen molar-refractivity contribution < 1.29 is 0 Å². The topological polar surface area (TPSA) is 78.5 Å². The van der Waals surface area contributed by atoms with Gasteiger partial charge in [0.2, 0.25) is 0 Å². The Bertz CT molecular complexity index is 488. The molecule has 0 unspecified atom stereocenters. The summed E-state index contributed by atoms with van der Waals surface area (Å²) in [6.45, 7) is 2.14. The predicted molar refractivity (Wildman–Crippen MR) is 69.1 cm³/mol. The van der Waals surface area contributed by atoms with Crippen LogP contribution in [0, 0.1) is 0 Å². The Labute approximate surface area is 105 Å². The van der Waals surface area contributed by atoms with Crippen molar-refractivity contribution in [3.8, 4) is 11.4 Å². The number of anilines is 1. The van der Waals surface area contributed by atoms with Crippen molar-refractivity contribution in [1.82, 2.24) is 25.5 Å². The summed E-state index contributed by atoms with van der Waals surface area (Å²) in [4.78, 5) is 8.28. The van der Waals surface area contributed by atoms with Crippen LogP contribution in [-0.4, -0.2) is 39.3 Å². The number of nitrogens with zero attached hydrogens (tertiary/aromatic N) is 3. The molecule has 0 saturated carbocycles. The molecule has 1 aliphatic rings. The van der Waals surface area contributed by atoms with Gasteiger partial charge in [0.15, 0.2) is 0 Å². The molecule has 18 heavy (non-hydrogen) atoms. The lowest BCUT2D eigenvalue weighted by atomic mass is 10.1. The maximum atomic E-state index is 4.26. The minimum Gasteiger partial charge on any atom is -0.366 e. The molecule has 0 atom stereocenters. The maximum Gasteiger partial charge on any atom is 0.148 e. The van der Waals surface area contributed by atoms with Gasteiger partial charge in [0.1, 0.15) is 11.5 Å². The van der Waals surface area contributed by atoms with Gasteiger partial charge < -0.3 is 10.6 Å². The molecule has 3 rings (SSSR count). The molecule has 0 aliphatic carbocycles. The molecule has 1 aliphatic heterocycles. The molecule has 94 valence electrons. The van der Waals surface area contributed by atoms with E-state index in [2.05, 4.69) is 30.8 Å². The minimum absolute atomic E-state index is 0.504. The molecule has 0 spiro atoms. The van der Waals surface area contributed by atoms with E-state index in [0.717, 1.165) is 43.1 Å². The van der Waals surface area contributed by atoms with Crippen molar-refractivity contribution in [3.05, 3.63) is 24.7 Å². The zero-order chi connectivity index (χ0) is 12.2. The molecule has 0 radical (unpaired) electrons. The van der Waals surface area contributed by atoms with Crippen LogP contribution in [0.25, 0.3) is 11.4 Å². The molecule has 3 N–H and O–H groups in total. The highest BCUT2D eigenvalue weighted by molar-refractivity contribution is 5.57. The number of H-pyrrole nitrogens is 1. The lowest BCUT2D eigenvalue weighted by molar-refractivity contribution is 0.478. The van der Waals surface area contributed by atoms with Crippen LogP contribution >= 0.6 is 0 Å². The Morgan fingerprint density at radius 3 is 2.89 bits per heavy atom. The minimum atomic E-state index is 0.504. The summed E-state index contributed by atoms with van der Waals surface area (Å²) in [6.07, 6.45) is 7.33. The standard InChI is InChI=1S/C12H16N6/c1-3-13-4-2-9(1)16-12-7-10(17-18-12)11-8-14-5-6-15-11/h5-9,13H,1-4H2,(H2,16,17,18). The summed E-state index contributed by atoms with van der Waals surface area (Å²) in [7, 11) is 0. The highest BCUT2D eigenvalue weighted by Gasteiger charge is 2.14. The van der Waals surface area contributed by atoms with Crippen LogP contribution in [0.1, 0.15) is 12.8 Å². The van der Waals surface area contributed by atoms with E-state index < -0.39 is 0 Å².